The molecule has 1 N–H and O–H groups in total. The molecular weight excluding hydrogens is 548 g/mol. The van der Waals surface area contributed by atoms with Gasteiger partial charge in [-0.3, -0.25) is 14.9 Å². The Morgan fingerprint density at radius 3 is 1.97 bits per heavy atom. The van der Waals surface area contributed by atoms with E-state index in [-0.39, 0.29) is 11.1 Å². The molecule has 1 heterocycles. The Morgan fingerprint density at radius 2 is 1.51 bits per heavy atom. The van der Waals surface area contributed by atoms with Crippen LogP contribution in [0.1, 0.15) is 35.6 Å². The van der Waals surface area contributed by atoms with Gasteiger partial charge in [-0.25, -0.2) is 0 Å². The number of nitrogens with one attached hydrogen (secondary N) is 1. The highest BCUT2D eigenvalue weighted by Crippen LogP contribution is 2.62. The highest BCUT2D eigenvalue weighted by atomic mass is 79.9. The second-order valence-electron chi connectivity index (χ2n) is 7.84. The highest BCUT2D eigenvalue weighted by Gasteiger charge is 2.76. The van der Waals surface area contributed by atoms with E-state index in [1.54, 1.807) is 0 Å². The van der Waals surface area contributed by atoms with Crippen molar-refractivity contribution in [3.8, 4) is 0 Å². The van der Waals surface area contributed by atoms with Crippen molar-refractivity contribution >= 4 is 27.9 Å². The molecule has 0 saturated carbocycles. The normalized spacial score (nSPS) is 24.8. The molecule has 1 aliphatic rings. The minimum absolute atomic E-state index is 0.0156. The van der Waals surface area contributed by atoms with Gasteiger partial charge in [0.1, 0.15) is 6.04 Å². The van der Waals surface area contributed by atoms with E-state index in [0.717, 1.165) is 19.2 Å². The highest BCUT2D eigenvalue weighted by molar-refractivity contribution is 9.10. The van der Waals surface area contributed by atoms with Crippen LogP contribution in [0, 0.1) is 5.41 Å². The Hall–Kier alpha value is -2.60. The lowest BCUT2D eigenvalue weighted by Gasteiger charge is -2.39. The molecule has 1 saturated heterocycles. The van der Waals surface area contributed by atoms with Gasteiger partial charge < -0.3 is 9.47 Å². The van der Waals surface area contributed by atoms with Gasteiger partial charge in [-0.15, -0.1) is 0 Å². The first kappa shape index (κ1) is 27.0. The van der Waals surface area contributed by atoms with E-state index in [1.807, 2.05) is 0 Å². The zero-order chi connectivity index (χ0) is 26.2. The summed E-state index contributed by atoms with van der Waals surface area (Å²) in [6.45, 7) is 0.927. The van der Waals surface area contributed by atoms with Gasteiger partial charge in [-0.1, -0.05) is 40.2 Å². The molecule has 5 nitrogen and oxygen atoms in total. The Kier molecular flexibility index (Phi) is 7.56. The summed E-state index contributed by atoms with van der Waals surface area (Å²) in [6, 6.07) is 4.91. The molecule has 190 valence electrons. The number of ether oxygens (including phenoxy) is 2. The molecule has 0 amide bonds. The van der Waals surface area contributed by atoms with Crippen LogP contribution in [0.2, 0.25) is 0 Å². The fourth-order valence-electron chi connectivity index (χ4n) is 4.48. The molecule has 2 aromatic rings. The Labute approximate surface area is 204 Å². The molecule has 1 aliphatic heterocycles. The number of rotatable bonds is 5. The molecule has 0 unspecified atom stereocenters. The van der Waals surface area contributed by atoms with Gasteiger partial charge >= 0.3 is 24.3 Å². The zero-order valence-electron chi connectivity index (χ0n) is 18.3. The van der Waals surface area contributed by atoms with E-state index < -0.39 is 59.9 Å². The second kappa shape index (κ2) is 9.81. The van der Waals surface area contributed by atoms with Gasteiger partial charge in [0, 0.05) is 10.4 Å². The average Bonchev–Trinajstić information content (AvgIpc) is 3.16. The lowest BCUT2D eigenvalue weighted by atomic mass is 9.66. The molecule has 12 heteroatoms. The first-order valence-corrected chi connectivity index (χ1v) is 11.1. The number of carbonyl (C=O) groups excluding carboxylic acids is 2. The van der Waals surface area contributed by atoms with Crippen LogP contribution in [0.15, 0.2) is 53.0 Å². The summed E-state index contributed by atoms with van der Waals surface area (Å²) in [4.78, 5) is 25.9. The van der Waals surface area contributed by atoms with Crippen LogP contribution in [-0.4, -0.2) is 37.9 Å². The van der Waals surface area contributed by atoms with Gasteiger partial charge in [0.25, 0.3) is 0 Å². The predicted octanol–water partition coefficient (Wildman–Crippen LogP) is 5.55. The molecule has 0 spiro atoms. The van der Waals surface area contributed by atoms with Crippen LogP contribution in [0.4, 0.5) is 26.3 Å². The number of halogens is 7. The monoisotopic (exact) mass is 567 g/mol. The summed E-state index contributed by atoms with van der Waals surface area (Å²) in [7, 11) is 0.959. The summed E-state index contributed by atoms with van der Waals surface area (Å²) in [5.74, 6) is -4.78. The maximum absolute atomic E-state index is 15.1. The third-order valence-electron chi connectivity index (χ3n) is 5.96. The van der Waals surface area contributed by atoms with Crippen molar-refractivity contribution in [2.45, 2.75) is 37.3 Å². The Bertz CT molecular complexity index is 1070. The third-order valence-corrected chi connectivity index (χ3v) is 6.49. The summed E-state index contributed by atoms with van der Waals surface area (Å²) in [5, 5.41) is 2.57. The van der Waals surface area contributed by atoms with E-state index >= 15 is 13.2 Å². The lowest BCUT2D eigenvalue weighted by molar-refractivity contribution is -0.242. The first-order chi connectivity index (χ1) is 16.3. The average molecular weight is 568 g/mol. The number of methoxy groups -OCH3 is 1. The predicted molar refractivity (Wildman–Crippen MR) is 115 cm³/mol. The molecule has 0 radical (unpaired) electrons. The number of hydrogen-bond acceptors (Lipinski definition) is 5. The van der Waals surface area contributed by atoms with Crippen molar-refractivity contribution in [3.63, 3.8) is 0 Å². The topological polar surface area (TPSA) is 64.6 Å². The molecule has 0 aliphatic carbocycles. The number of hydrogen-bond donors (Lipinski definition) is 1. The Morgan fingerprint density at radius 1 is 0.971 bits per heavy atom. The van der Waals surface area contributed by atoms with Crippen LogP contribution in [0.3, 0.4) is 0 Å². The van der Waals surface area contributed by atoms with Crippen LogP contribution in [0.5, 0.6) is 0 Å². The van der Waals surface area contributed by atoms with Gasteiger partial charge in [-0.05, 0) is 42.3 Å². The van der Waals surface area contributed by atoms with Crippen molar-refractivity contribution in [1.82, 2.24) is 5.32 Å². The number of esters is 2. The van der Waals surface area contributed by atoms with Gasteiger partial charge in [0.05, 0.1) is 25.3 Å². The molecule has 3 rings (SSSR count). The summed E-state index contributed by atoms with van der Waals surface area (Å²) in [6.07, 6.45) is -10.0. The standard InChI is InChI=1S/C23H20BrF6NO4/c1-3-35-20(33)21(23(28,29)30)16(12-4-8-14(9-5-12)22(25,26)27)17(19(32)34-2)31-18(21)13-6-10-15(24)11-7-13/h4-11,16-18,31H,3H2,1-2H3/t16-,17+,18+,21-/m1/s1. The second-order valence-corrected chi connectivity index (χ2v) is 8.75. The van der Waals surface area contributed by atoms with Crippen LogP contribution in [-0.2, 0) is 25.2 Å². The minimum atomic E-state index is -5.29. The van der Waals surface area contributed by atoms with E-state index in [0.29, 0.717) is 16.6 Å². The van der Waals surface area contributed by atoms with Crippen molar-refractivity contribution < 1.29 is 45.4 Å². The fourth-order valence-corrected chi connectivity index (χ4v) is 4.75. The summed E-state index contributed by atoms with van der Waals surface area (Å²) < 4.78 is 94.6. The molecule has 2 aromatic carbocycles. The van der Waals surface area contributed by atoms with Crippen molar-refractivity contribution in [3.05, 3.63) is 69.7 Å². The lowest BCUT2D eigenvalue weighted by Crippen LogP contribution is -2.53. The number of alkyl halides is 6. The van der Waals surface area contributed by atoms with Crippen LogP contribution in [0.25, 0.3) is 0 Å². The summed E-state index contributed by atoms with van der Waals surface area (Å²) in [5.41, 5.74) is -4.76. The van der Waals surface area contributed by atoms with Crippen molar-refractivity contribution in [2.75, 3.05) is 13.7 Å². The molecule has 35 heavy (non-hydrogen) atoms. The van der Waals surface area contributed by atoms with Gasteiger partial charge in [0.15, 0.2) is 5.41 Å². The minimum Gasteiger partial charge on any atom is -0.468 e. The third kappa shape index (κ3) is 4.77. The Balaban J connectivity index is 2.34. The van der Waals surface area contributed by atoms with E-state index in [4.69, 9.17) is 9.47 Å². The quantitative estimate of drug-likeness (QED) is 0.379. The van der Waals surface area contributed by atoms with Gasteiger partial charge in [0.2, 0.25) is 0 Å². The zero-order valence-corrected chi connectivity index (χ0v) is 19.9. The van der Waals surface area contributed by atoms with E-state index in [9.17, 15) is 22.8 Å². The smallest absolute Gasteiger partial charge is 0.416 e. The van der Waals surface area contributed by atoms with E-state index in [2.05, 4.69) is 21.2 Å². The van der Waals surface area contributed by atoms with Gasteiger partial charge in [-0.2, -0.15) is 26.3 Å². The number of carbonyl (C=O) groups is 2. The molecule has 0 bridgehead atoms. The maximum Gasteiger partial charge on any atom is 0.416 e. The molecule has 0 aromatic heterocycles. The SMILES string of the molecule is CCOC(=O)[C@@]1(C(F)(F)F)[C@H](c2ccc(C(F)(F)F)cc2)[C@@H](C(=O)OC)N[C@H]1c1ccc(Br)cc1. The van der Waals surface area contributed by atoms with Crippen LogP contribution >= 0.6 is 15.9 Å². The molecular formula is C23H20BrF6NO4. The van der Waals surface area contributed by atoms with Crippen molar-refractivity contribution in [2.24, 2.45) is 5.41 Å². The summed E-state index contributed by atoms with van der Waals surface area (Å²) >= 11 is 3.19. The largest absolute Gasteiger partial charge is 0.468 e. The van der Waals surface area contributed by atoms with Crippen molar-refractivity contribution in [1.29, 1.82) is 0 Å². The number of benzene rings is 2. The molecule has 4 atom stereocenters. The molecule has 1 fully saturated rings. The van der Waals surface area contributed by atoms with Crippen LogP contribution < -0.4 is 5.32 Å². The maximum atomic E-state index is 15.1. The fraction of sp³-hybridized carbons (Fsp3) is 0.391. The first-order valence-electron chi connectivity index (χ1n) is 10.3. The van der Waals surface area contributed by atoms with E-state index in [1.165, 1.54) is 31.2 Å².